The van der Waals surface area contributed by atoms with E-state index < -0.39 is 0 Å². The number of hydrogen-bond donors (Lipinski definition) is 1. The lowest BCUT2D eigenvalue weighted by Crippen LogP contribution is -2.36. The molecule has 0 spiro atoms. The Morgan fingerprint density at radius 3 is 1.36 bits per heavy atom. The summed E-state index contributed by atoms with van der Waals surface area (Å²) >= 11 is 0. The first kappa shape index (κ1) is 19.9. The first-order valence-corrected chi connectivity index (χ1v) is 9.80. The number of rotatable bonds is 1. The van der Waals surface area contributed by atoms with Crippen molar-refractivity contribution < 1.29 is 5.21 Å². The normalized spacial score (nSPS) is 24.0. The van der Waals surface area contributed by atoms with E-state index in [1.807, 2.05) is 0 Å². The largest absolute Gasteiger partial charge is 0.315 e. The van der Waals surface area contributed by atoms with Crippen molar-refractivity contribution in [1.29, 1.82) is 0 Å². The third-order valence-electron chi connectivity index (χ3n) is 4.98. The second-order valence-electron chi connectivity index (χ2n) is 7.36. The molecule has 1 aliphatic carbocycles. The minimum atomic E-state index is 0.932. The van der Waals surface area contributed by atoms with E-state index in [9.17, 15) is 0 Å². The van der Waals surface area contributed by atoms with Crippen molar-refractivity contribution in [3.63, 3.8) is 0 Å². The number of hydrogen-bond acceptors (Lipinski definition) is 3. The Hall–Kier alpha value is -0.120. The van der Waals surface area contributed by atoms with Crippen molar-refractivity contribution in [2.75, 3.05) is 27.2 Å². The van der Waals surface area contributed by atoms with E-state index in [1.54, 1.807) is 14.1 Å². The Morgan fingerprint density at radius 2 is 0.955 bits per heavy atom. The lowest BCUT2D eigenvalue weighted by molar-refractivity contribution is -0.0372. The van der Waals surface area contributed by atoms with Crippen molar-refractivity contribution in [3.05, 3.63) is 0 Å². The monoisotopic (exact) mass is 312 g/mol. The molecule has 1 aliphatic heterocycles. The molecular weight excluding hydrogens is 272 g/mol. The topological polar surface area (TPSA) is 26.7 Å². The van der Waals surface area contributed by atoms with Gasteiger partial charge in [-0.3, -0.25) is 0 Å². The molecule has 1 saturated heterocycles. The first-order chi connectivity index (χ1) is 10.7. The van der Waals surface area contributed by atoms with Gasteiger partial charge in [0.15, 0.2) is 0 Å². The SMILES string of the molecule is C1CCCCC(N2CCCCCCCC2)CCC1.CN(C)O. The molecule has 0 atom stereocenters. The van der Waals surface area contributed by atoms with Crippen LogP contribution in [0.15, 0.2) is 0 Å². The average Bonchev–Trinajstić information content (AvgIpc) is 2.69. The Morgan fingerprint density at radius 1 is 0.636 bits per heavy atom. The van der Waals surface area contributed by atoms with Gasteiger partial charge in [0.05, 0.1) is 0 Å². The van der Waals surface area contributed by atoms with Crippen LogP contribution in [0.3, 0.4) is 0 Å². The maximum Gasteiger partial charge on any atom is 0.0121 e. The highest BCUT2D eigenvalue weighted by Gasteiger charge is 2.18. The van der Waals surface area contributed by atoms with Crippen molar-refractivity contribution in [1.82, 2.24) is 9.96 Å². The molecule has 0 aromatic heterocycles. The summed E-state index contributed by atoms with van der Waals surface area (Å²) < 4.78 is 0. The minimum Gasteiger partial charge on any atom is -0.315 e. The molecule has 2 rings (SSSR count). The highest BCUT2D eigenvalue weighted by molar-refractivity contribution is 4.74. The fourth-order valence-electron chi connectivity index (χ4n) is 3.79. The molecule has 3 nitrogen and oxygen atoms in total. The summed E-state index contributed by atoms with van der Waals surface area (Å²) in [4.78, 5) is 2.87. The molecule has 1 heterocycles. The van der Waals surface area contributed by atoms with E-state index in [4.69, 9.17) is 5.21 Å². The predicted octanol–water partition coefficient (Wildman–Crippen LogP) is 5.08. The van der Waals surface area contributed by atoms with Crippen LogP contribution in [0.4, 0.5) is 0 Å². The van der Waals surface area contributed by atoms with E-state index in [0.717, 1.165) is 11.1 Å². The van der Waals surface area contributed by atoms with E-state index >= 15 is 0 Å². The molecule has 2 aliphatic rings. The third kappa shape index (κ3) is 10.6. The van der Waals surface area contributed by atoms with Gasteiger partial charge in [0.1, 0.15) is 0 Å². The molecule has 22 heavy (non-hydrogen) atoms. The molecule has 132 valence electrons. The minimum absolute atomic E-state index is 0.932. The summed E-state index contributed by atoms with van der Waals surface area (Å²) in [6, 6.07) is 0.932. The number of nitrogens with zero attached hydrogens (tertiary/aromatic N) is 2. The highest BCUT2D eigenvalue weighted by Crippen LogP contribution is 2.23. The van der Waals surface area contributed by atoms with E-state index in [1.165, 1.54) is 103 Å². The Bertz CT molecular complexity index is 201. The molecule has 1 N–H and O–H groups in total. The fraction of sp³-hybridized carbons (Fsp3) is 1.00. The molecule has 1 saturated carbocycles. The van der Waals surface area contributed by atoms with Gasteiger partial charge in [0.2, 0.25) is 0 Å². The smallest absolute Gasteiger partial charge is 0.0121 e. The van der Waals surface area contributed by atoms with E-state index in [2.05, 4.69) is 4.90 Å². The Labute approximate surface area is 139 Å². The molecule has 0 aromatic carbocycles. The lowest BCUT2D eigenvalue weighted by Gasteiger charge is -2.31. The van der Waals surface area contributed by atoms with Crippen LogP contribution in [0.5, 0.6) is 0 Å². The van der Waals surface area contributed by atoms with Crippen LogP contribution >= 0.6 is 0 Å². The van der Waals surface area contributed by atoms with Gasteiger partial charge in [-0.25, -0.2) is 0 Å². The zero-order chi connectivity index (χ0) is 16.0. The molecule has 2 fully saturated rings. The van der Waals surface area contributed by atoms with Crippen LogP contribution in [0.1, 0.15) is 89.9 Å². The van der Waals surface area contributed by atoms with Crippen LogP contribution in [0, 0.1) is 0 Å². The summed E-state index contributed by atoms with van der Waals surface area (Å²) in [5.74, 6) is 0. The van der Waals surface area contributed by atoms with Gasteiger partial charge in [0.25, 0.3) is 0 Å². The quantitative estimate of drug-likeness (QED) is 0.684. The van der Waals surface area contributed by atoms with Crippen LogP contribution in [-0.2, 0) is 0 Å². The first-order valence-electron chi connectivity index (χ1n) is 9.80. The standard InChI is InChI=1S/C17H33N.C2H7NO/c1-2-6-10-14-17(13-9-5-1)18-15-11-7-3-4-8-12-16-18;1-3(2)4/h17H,1-16H2;4H,1-2H3. The summed E-state index contributed by atoms with van der Waals surface area (Å²) in [5, 5.41) is 8.89. The van der Waals surface area contributed by atoms with Gasteiger partial charge in [-0.15, -0.1) is 0 Å². The third-order valence-corrected chi connectivity index (χ3v) is 4.98. The van der Waals surface area contributed by atoms with Crippen LogP contribution in [0.2, 0.25) is 0 Å². The maximum atomic E-state index is 7.89. The zero-order valence-electron chi connectivity index (χ0n) is 15.2. The summed E-state index contributed by atoms with van der Waals surface area (Å²) in [5.41, 5.74) is 0. The highest BCUT2D eigenvalue weighted by atomic mass is 16.5. The molecule has 0 unspecified atom stereocenters. The van der Waals surface area contributed by atoms with Crippen molar-refractivity contribution in [2.24, 2.45) is 0 Å². The number of hydroxylamine groups is 2. The molecule has 3 heteroatoms. The maximum absolute atomic E-state index is 7.89. The van der Waals surface area contributed by atoms with Crippen LogP contribution in [0.25, 0.3) is 0 Å². The van der Waals surface area contributed by atoms with Gasteiger partial charge >= 0.3 is 0 Å². The molecular formula is C19H40N2O. The van der Waals surface area contributed by atoms with E-state index in [-0.39, 0.29) is 0 Å². The van der Waals surface area contributed by atoms with Crippen molar-refractivity contribution in [2.45, 2.75) is 95.9 Å². The second-order valence-corrected chi connectivity index (χ2v) is 7.36. The van der Waals surface area contributed by atoms with E-state index in [0.29, 0.717) is 0 Å². The van der Waals surface area contributed by atoms with Gasteiger partial charge in [-0.2, -0.15) is 5.06 Å². The average molecular weight is 313 g/mol. The van der Waals surface area contributed by atoms with Crippen LogP contribution in [-0.4, -0.2) is 48.4 Å². The van der Waals surface area contributed by atoms with Crippen molar-refractivity contribution >= 4 is 0 Å². The predicted molar refractivity (Wildman–Crippen MR) is 95.5 cm³/mol. The Kier molecular flexibility index (Phi) is 12.1. The molecule has 0 amide bonds. The molecule has 0 radical (unpaired) electrons. The zero-order valence-corrected chi connectivity index (χ0v) is 15.2. The molecule has 0 aromatic rings. The van der Waals surface area contributed by atoms with Gasteiger partial charge < -0.3 is 10.1 Å². The van der Waals surface area contributed by atoms with Gasteiger partial charge in [-0.05, 0) is 38.8 Å². The van der Waals surface area contributed by atoms with Crippen LogP contribution < -0.4 is 0 Å². The summed E-state index contributed by atoms with van der Waals surface area (Å²) in [6.07, 6.45) is 20.7. The second kappa shape index (κ2) is 13.3. The molecule has 0 bridgehead atoms. The van der Waals surface area contributed by atoms with Gasteiger partial charge in [-0.1, -0.05) is 64.2 Å². The Balaban J connectivity index is 0.000000541. The lowest BCUT2D eigenvalue weighted by atomic mass is 10.0. The summed E-state index contributed by atoms with van der Waals surface area (Å²) in [6.45, 7) is 2.79. The van der Waals surface area contributed by atoms with Gasteiger partial charge in [0, 0.05) is 20.1 Å². The fourth-order valence-corrected chi connectivity index (χ4v) is 3.79. The van der Waals surface area contributed by atoms with Crippen molar-refractivity contribution in [3.8, 4) is 0 Å². The summed E-state index contributed by atoms with van der Waals surface area (Å²) in [7, 11) is 3.11.